The van der Waals surface area contributed by atoms with Crippen LogP contribution in [-0.2, 0) is 4.74 Å². The van der Waals surface area contributed by atoms with Crippen molar-refractivity contribution >= 4 is 0 Å². The molecule has 1 fully saturated rings. The van der Waals surface area contributed by atoms with Gasteiger partial charge in [-0.15, -0.1) is 0 Å². The van der Waals surface area contributed by atoms with Crippen LogP contribution in [-0.4, -0.2) is 50.3 Å². The zero-order chi connectivity index (χ0) is 14.3. The molecule has 3 heteroatoms. The topological polar surface area (TPSA) is 24.5 Å². The number of ether oxygens (including phenoxy) is 1. The SMILES string of the molecule is CCNC1CCC(C(C)C)CC1N(C)CCOCC. The molecular formula is C16H34N2O. The van der Waals surface area contributed by atoms with Crippen molar-refractivity contribution in [2.75, 3.05) is 33.4 Å². The first kappa shape index (κ1) is 16.9. The summed E-state index contributed by atoms with van der Waals surface area (Å²) in [5.74, 6) is 1.69. The van der Waals surface area contributed by atoms with E-state index in [1.165, 1.54) is 19.3 Å². The van der Waals surface area contributed by atoms with E-state index in [-0.39, 0.29) is 0 Å². The van der Waals surface area contributed by atoms with Crippen molar-refractivity contribution in [3.8, 4) is 0 Å². The van der Waals surface area contributed by atoms with Gasteiger partial charge >= 0.3 is 0 Å². The van der Waals surface area contributed by atoms with Gasteiger partial charge in [-0.2, -0.15) is 0 Å². The fourth-order valence-electron chi connectivity index (χ4n) is 3.29. The predicted octanol–water partition coefficient (Wildman–Crippen LogP) is 2.76. The second kappa shape index (κ2) is 8.93. The van der Waals surface area contributed by atoms with Crippen LogP contribution in [0.4, 0.5) is 0 Å². The van der Waals surface area contributed by atoms with E-state index in [1.54, 1.807) is 0 Å². The Hall–Kier alpha value is -0.120. The van der Waals surface area contributed by atoms with Crippen LogP contribution in [0.2, 0.25) is 0 Å². The first-order chi connectivity index (χ1) is 9.10. The first-order valence-electron chi connectivity index (χ1n) is 8.11. The number of nitrogens with zero attached hydrogens (tertiary/aromatic N) is 1. The average molecular weight is 270 g/mol. The monoisotopic (exact) mass is 270 g/mol. The third-order valence-electron chi connectivity index (χ3n) is 4.62. The molecule has 0 aromatic carbocycles. The molecule has 0 aromatic rings. The van der Waals surface area contributed by atoms with Gasteiger partial charge in [0.2, 0.25) is 0 Å². The number of likely N-dealkylation sites (N-methyl/N-ethyl adjacent to an activating group) is 2. The lowest BCUT2D eigenvalue weighted by molar-refractivity contribution is 0.0661. The summed E-state index contributed by atoms with van der Waals surface area (Å²) in [6.45, 7) is 12.8. The van der Waals surface area contributed by atoms with Gasteiger partial charge < -0.3 is 10.1 Å². The van der Waals surface area contributed by atoms with Gasteiger partial charge in [-0.05, 0) is 51.6 Å². The maximum atomic E-state index is 5.50. The van der Waals surface area contributed by atoms with Gasteiger partial charge in [0.15, 0.2) is 0 Å². The minimum absolute atomic E-state index is 0.659. The average Bonchev–Trinajstić information content (AvgIpc) is 2.39. The molecule has 1 rings (SSSR count). The van der Waals surface area contributed by atoms with Crippen molar-refractivity contribution in [1.29, 1.82) is 0 Å². The molecule has 114 valence electrons. The molecule has 3 unspecified atom stereocenters. The molecule has 1 N–H and O–H groups in total. The second-order valence-corrected chi connectivity index (χ2v) is 6.23. The molecule has 0 aromatic heterocycles. The van der Waals surface area contributed by atoms with Crippen LogP contribution in [0.5, 0.6) is 0 Å². The van der Waals surface area contributed by atoms with Gasteiger partial charge in [0.1, 0.15) is 0 Å². The molecule has 0 aliphatic heterocycles. The summed E-state index contributed by atoms with van der Waals surface area (Å²) < 4.78 is 5.50. The third-order valence-corrected chi connectivity index (χ3v) is 4.62. The van der Waals surface area contributed by atoms with Crippen LogP contribution in [0.15, 0.2) is 0 Å². The third kappa shape index (κ3) is 5.41. The summed E-state index contributed by atoms with van der Waals surface area (Å²) in [7, 11) is 2.26. The Morgan fingerprint density at radius 1 is 1.26 bits per heavy atom. The van der Waals surface area contributed by atoms with E-state index in [2.05, 4.69) is 45.0 Å². The smallest absolute Gasteiger partial charge is 0.0593 e. The number of hydrogen-bond donors (Lipinski definition) is 1. The Balaban J connectivity index is 2.54. The lowest BCUT2D eigenvalue weighted by Gasteiger charge is -2.42. The van der Waals surface area contributed by atoms with Crippen molar-refractivity contribution in [2.24, 2.45) is 11.8 Å². The highest BCUT2D eigenvalue weighted by atomic mass is 16.5. The normalized spacial score (nSPS) is 28.3. The highest BCUT2D eigenvalue weighted by Gasteiger charge is 2.33. The van der Waals surface area contributed by atoms with Crippen molar-refractivity contribution in [2.45, 2.75) is 59.0 Å². The van der Waals surface area contributed by atoms with Crippen molar-refractivity contribution in [1.82, 2.24) is 10.2 Å². The molecule has 3 nitrogen and oxygen atoms in total. The van der Waals surface area contributed by atoms with Crippen LogP contribution in [0.25, 0.3) is 0 Å². The summed E-state index contributed by atoms with van der Waals surface area (Å²) in [5, 5.41) is 3.68. The highest BCUT2D eigenvalue weighted by Crippen LogP contribution is 2.32. The quantitative estimate of drug-likeness (QED) is 0.686. The second-order valence-electron chi connectivity index (χ2n) is 6.23. The van der Waals surface area contributed by atoms with Gasteiger partial charge in [-0.25, -0.2) is 0 Å². The summed E-state index contributed by atoms with van der Waals surface area (Å²) in [5.41, 5.74) is 0. The van der Waals surface area contributed by atoms with E-state index < -0.39 is 0 Å². The maximum absolute atomic E-state index is 5.50. The van der Waals surface area contributed by atoms with Crippen molar-refractivity contribution in [3.63, 3.8) is 0 Å². The number of rotatable bonds is 8. The van der Waals surface area contributed by atoms with Crippen LogP contribution >= 0.6 is 0 Å². The molecular weight excluding hydrogens is 236 g/mol. The molecule has 0 spiro atoms. The summed E-state index contributed by atoms with van der Waals surface area (Å²) in [6, 6.07) is 1.33. The molecule has 0 bridgehead atoms. The molecule has 3 atom stereocenters. The summed E-state index contributed by atoms with van der Waals surface area (Å²) in [6.07, 6.45) is 4.03. The Kier molecular flexibility index (Phi) is 7.96. The predicted molar refractivity (Wildman–Crippen MR) is 82.6 cm³/mol. The molecule has 0 heterocycles. The molecule has 0 saturated heterocycles. The zero-order valence-electron chi connectivity index (χ0n) is 13.6. The summed E-state index contributed by atoms with van der Waals surface area (Å²) >= 11 is 0. The van der Waals surface area contributed by atoms with Gasteiger partial charge in [-0.3, -0.25) is 4.90 Å². The van der Waals surface area contributed by atoms with Gasteiger partial charge in [0.05, 0.1) is 6.61 Å². The Morgan fingerprint density at radius 3 is 2.58 bits per heavy atom. The van der Waals surface area contributed by atoms with Crippen LogP contribution in [0, 0.1) is 11.8 Å². The zero-order valence-corrected chi connectivity index (χ0v) is 13.6. The lowest BCUT2D eigenvalue weighted by atomic mass is 9.76. The minimum Gasteiger partial charge on any atom is -0.380 e. The molecule has 19 heavy (non-hydrogen) atoms. The molecule has 0 amide bonds. The Labute approximate surface area is 120 Å². The van der Waals surface area contributed by atoms with Crippen molar-refractivity contribution < 1.29 is 4.74 Å². The first-order valence-corrected chi connectivity index (χ1v) is 8.11. The van der Waals surface area contributed by atoms with Crippen LogP contribution < -0.4 is 5.32 Å². The standard InChI is InChI=1S/C16H34N2O/c1-6-17-15-9-8-14(13(3)4)12-16(15)18(5)10-11-19-7-2/h13-17H,6-12H2,1-5H3. The lowest BCUT2D eigenvalue weighted by Crippen LogP contribution is -2.53. The van der Waals surface area contributed by atoms with E-state index in [0.29, 0.717) is 12.1 Å². The van der Waals surface area contributed by atoms with E-state index in [9.17, 15) is 0 Å². The molecule has 1 saturated carbocycles. The fourth-order valence-corrected chi connectivity index (χ4v) is 3.29. The maximum Gasteiger partial charge on any atom is 0.0593 e. The molecule has 0 radical (unpaired) electrons. The molecule has 1 aliphatic rings. The van der Waals surface area contributed by atoms with Crippen LogP contribution in [0.3, 0.4) is 0 Å². The number of hydrogen-bond acceptors (Lipinski definition) is 3. The van der Waals surface area contributed by atoms with E-state index in [0.717, 1.165) is 38.1 Å². The van der Waals surface area contributed by atoms with Gasteiger partial charge in [0, 0.05) is 25.2 Å². The summed E-state index contributed by atoms with van der Waals surface area (Å²) in [4.78, 5) is 2.51. The largest absolute Gasteiger partial charge is 0.380 e. The van der Waals surface area contributed by atoms with Crippen molar-refractivity contribution in [3.05, 3.63) is 0 Å². The van der Waals surface area contributed by atoms with Gasteiger partial charge in [-0.1, -0.05) is 20.8 Å². The Bertz CT molecular complexity index is 233. The minimum atomic E-state index is 0.659. The Morgan fingerprint density at radius 2 is 2.00 bits per heavy atom. The fraction of sp³-hybridized carbons (Fsp3) is 1.00. The molecule has 1 aliphatic carbocycles. The van der Waals surface area contributed by atoms with Crippen LogP contribution in [0.1, 0.15) is 47.0 Å². The van der Waals surface area contributed by atoms with E-state index in [4.69, 9.17) is 4.74 Å². The highest BCUT2D eigenvalue weighted by molar-refractivity contribution is 4.91. The van der Waals surface area contributed by atoms with Gasteiger partial charge in [0.25, 0.3) is 0 Å². The van der Waals surface area contributed by atoms with E-state index >= 15 is 0 Å². The number of nitrogens with one attached hydrogen (secondary N) is 1. The van der Waals surface area contributed by atoms with E-state index in [1.807, 2.05) is 0 Å².